The molecule has 1 aromatic heterocycles. The molecule has 0 amide bonds. The number of ether oxygens (including phenoxy) is 3. The smallest absolute Gasteiger partial charge is 0.312 e. The largest absolute Gasteiger partial charge is 0.497 e. The molecule has 5 rings (SSSR count). The number of allylic oxidation sites excluding steroid dienone is 1. The number of pyridine rings is 1. The fourth-order valence-electron chi connectivity index (χ4n) is 3.82. The third kappa shape index (κ3) is 3.03. The van der Waals surface area contributed by atoms with Crippen molar-refractivity contribution in [3.63, 3.8) is 0 Å². The van der Waals surface area contributed by atoms with Crippen LogP contribution in [0.4, 0.5) is 0 Å². The van der Waals surface area contributed by atoms with Gasteiger partial charge in [-0.05, 0) is 47.5 Å². The first-order valence-corrected chi connectivity index (χ1v) is 9.50. The Kier molecular flexibility index (Phi) is 4.32. The van der Waals surface area contributed by atoms with Crippen molar-refractivity contribution in [1.29, 1.82) is 0 Å². The second-order valence-corrected chi connectivity index (χ2v) is 7.08. The molecular weight excluding hydrogens is 382 g/mol. The van der Waals surface area contributed by atoms with E-state index in [0.29, 0.717) is 22.6 Å². The number of aromatic nitrogens is 1. The van der Waals surface area contributed by atoms with Gasteiger partial charge in [-0.25, -0.2) is 0 Å². The zero-order chi connectivity index (χ0) is 20.7. The maximum absolute atomic E-state index is 13.0. The zero-order valence-corrected chi connectivity index (χ0v) is 16.1. The number of Topliss-reactive ketones (excluding diaryl/α,β-unsaturated/α-hetero) is 1. The van der Waals surface area contributed by atoms with Crippen LogP contribution < -0.4 is 14.2 Å². The summed E-state index contributed by atoms with van der Waals surface area (Å²) in [6, 6.07) is 14.4. The maximum atomic E-state index is 13.0. The molecule has 6 nitrogen and oxygen atoms in total. The molecule has 2 aliphatic rings. The van der Waals surface area contributed by atoms with Gasteiger partial charge in [-0.1, -0.05) is 18.2 Å². The molecule has 0 N–H and O–H groups in total. The van der Waals surface area contributed by atoms with Crippen LogP contribution in [0.1, 0.15) is 39.4 Å². The standard InChI is InChI=1S/C24H17NO5/c1-28-16-6-4-14(5-7-16)11-20-23(27)17-8-9-19-22(24(17)30-20)18(12-21(26)29-19)15-3-2-10-25-13-15/h2-11,13,18H,12H2,1H3. The highest BCUT2D eigenvalue weighted by atomic mass is 16.5. The van der Waals surface area contributed by atoms with E-state index in [-0.39, 0.29) is 29.9 Å². The third-order valence-electron chi connectivity index (χ3n) is 5.28. The van der Waals surface area contributed by atoms with Crippen molar-refractivity contribution < 1.29 is 23.8 Å². The summed E-state index contributed by atoms with van der Waals surface area (Å²) >= 11 is 0. The molecule has 148 valence electrons. The lowest BCUT2D eigenvalue weighted by Crippen LogP contribution is -2.21. The molecule has 0 radical (unpaired) electrons. The zero-order valence-electron chi connectivity index (χ0n) is 16.1. The highest BCUT2D eigenvalue weighted by molar-refractivity contribution is 6.15. The Morgan fingerprint density at radius 1 is 1.07 bits per heavy atom. The average molecular weight is 399 g/mol. The van der Waals surface area contributed by atoms with Gasteiger partial charge >= 0.3 is 5.97 Å². The summed E-state index contributed by atoms with van der Waals surface area (Å²) in [7, 11) is 1.60. The molecule has 0 spiro atoms. The van der Waals surface area contributed by atoms with Crippen LogP contribution in [-0.4, -0.2) is 23.8 Å². The lowest BCUT2D eigenvalue weighted by Gasteiger charge is -2.26. The predicted octanol–water partition coefficient (Wildman–Crippen LogP) is 4.15. The van der Waals surface area contributed by atoms with Gasteiger partial charge in [0.15, 0.2) is 5.76 Å². The van der Waals surface area contributed by atoms with Crippen LogP contribution in [0.25, 0.3) is 6.08 Å². The van der Waals surface area contributed by atoms with E-state index in [1.807, 2.05) is 36.4 Å². The molecule has 0 bridgehead atoms. The molecule has 6 heteroatoms. The maximum Gasteiger partial charge on any atom is 0.312 e. The van der Waals surface area contributed by atoms with Gasteiger partial charge in [-0.2, -0.15) is 0 Å². The van der Waals surface area contributed by atoms with Crippen LogP contribution in [0.2, 0.25) is 0 Å². The summed E-state index contributed by atoms with van der Waals surface area (Å²) in [5.41, 5.74) is 2.84. The number of methoxy groups -OCH3 is 1. The number of carbonyl (C=O) groups is 2. The molecule has 30 heavy (non-hydrogen) atoms. The summed E-state index contributed by atoms with van der Waals surface area (Å²) in [5, 5.41) is 0. The lowest BCUT2D eigenvalue weighted by molar-refractivity contribution is -0.135. The number of fused-ring (bicyclic) bond motifs is 3. The molecular formula is C24H17NO5. The molecule has 2 aromatic carbocycles. The Labute approximate surface area is 172 Å². The average Bonchev–Trinajstić information content (AvgIpc) is 3.09. The van der Waals surface area contributed by atoms with E-state index in [1.165, 1.54) is 0 Å². The van der Waals surface area contributed by atoms with E-state index in [1.54, 1.807) is 37.7 Å². The molecule has 3 heterocycles. The summed E-state index contributed by atoms with van der Waals surface area (Å²) < 4.78 is 16.6. The fraction of sp³-hybridized carbons (Fsp3) is 0.125. The van der Waals surface area contributed by atoms with Gasteiger partial charge < -0.3 is 14.2 Å². The van der Waals surface area contributed by atoms with Crippen LogP contribution in [0.15, 0.2) is 66.7 Å². The number of nitrogens with zero attached hydrogens (tertiary/aromatic N) is 1. The van der Waals surface area contributed by atoms with Crippen molar-refractivity contribution in [3.05, 3.63) is 88.9 Å². The van der Waals surface area contributed by atoms with Crippen molar-refractivity contribution in [2.45, 2.75) is 12.3 Å². The summed E-state index contributed by atoms with van der Waals surface area (Å²) in [5.74, 6) is 0.994. The quantitative estimate of drug-likeness (QED) is 0.374. The highest BCUT2D eigenvalue weighted by Gasteiger charge is 2.38. The van der Waals surface area contributed by atoms with Gasteiger partial charge in [-0.15, -0.1) is 0 Å². The number of carbonyl (C=O) groups excluding carboxylic acids is 2. The second kappa shape index (κ2) is 7.15. The number of hydrogen-bond acceptors (Lipinski definition) is 6. The summed E-state index contributed by atoms with van der Waals surface area (Å²) in [4.78, 5) is 29.3. The first-order chi connectivity index (χ1) is 14.6. The van der Waals surface area contributed by atoms with Crippen LogP contribution in [0.5, 0.6) is 17.2 Å². The Bertz CT molecular complexity index is 1180. The number of esters is 1. The molecule has 0 saturated carbocycles. The number of hydrogen-bond donors (Lipinski definition) is 0. The Morgan fingerprint density at radius 2 is 1.90 bits per heavy atom. The van der Waals surface area contributed by atoms with Crippen LogP contribution >= 0.6 is 0 Å². The van der Waals surface area contributed by atoms with E-state index in [2.05, 4.69) is 4.98 Å². The SMILES string of the molecule is COc1ccc(C=C2Oc3c(ccc4c3C(c3cccnc3)CC(=O)O4)C2=O)cc1. The van der Waals surface area contributed by atoms with Crippen molar-refractivity contribution >= 4 is 17.8 Å². The van der Waals surface area contributed by atoms with Gasteiger partial charge in [0, 0.05) is 23.9 Å². The van der Waals surface area contributed by atoms with Gasteiger partial charge in [0.05, 0.1) is 19.1 Å². The minimum atomic E-state index is -0.324. The fourth-order valence-corrected chi connectivity index (χ4v) is 3.82. The molecule has 0 saturated heterocycles. The van der Waals surface area contributed by atoms with E-state index in [9.17, 15) is 9.59 Å². The molecule has 1 unspecified atom stereocenters. The van der Waals surface area contributed by atoms with Gasteiger partial charge in [0.25, 0.3) is 0 Å². The first kappa shape index (κ1) is 18.1. The van der Waals surface area contributed by atoms with E-state index in [4.69, 9.17) is 14.2 Å². The number of benzene rings is 2. The van der Waals surface area contributed by atoms with E-state index in [0.717, 1.165) is 16.9 Å². The van der Waals surface area contributed by atoms with Gasteiger partial charge in [-0.3, -0.25) is 14.6 Å². The van der Waals surface area contributed by atoms with Crippen molar-refractivity contribution in [3.8, 4) is 17.2 Å². The van der Waals surface area contributed by atoms with Crippen molar-refractivity contribution in [2.24, 2.45) is 0 Å². The topological polar surface area (TPSA) is 74.7 Å². The minimum absolute atomic E-state index is 0.157. The molecule has 1 atom stereocenters. The van der Waals surface area contributed by atoms with E-state index < -0.39 is 0 Å². The molecule has 0 aliphatic carbocycles. The van der Waals surface area contributed by atoms with Crippen LogP contribution in [0, 0.1) is 0 Å². The highest BCUT2D eigenvalue weighted by Crippen LogP contribution is 2.48. The number of ketones is 1. The van der Waals surface area contributed by atoms with Crippen LogP contribution in [0.3, 0.4) is 0 Å². The molecule has 0 fully saturated rings. The van der Waals surface area contributed by atoms with Crippen molar-refractivity contribution in [2.75, 3.05) is 7.11 Å². The predicted molar refractivity (Wildman–Crippen MR) is 109 cm³/mol. The second-order valence-electron chi connectivity index (χ2n) is 7.08. The van der Waals surface area contributed by atoms with Crippen molar-refractivity contribution in [1.82, 2.24) is 4.98 Å². The van der Waals surface area contributed by atoms with Gasteiger partial charge in [0.1, 0.15) is 17.2 Å². The van der Waals surface area contributed by atoms with Crippen LogP contribution in [-0.2, 0) is 4.79 Å². The lowest BCUT2D eigenvalue weighted by atomic mass is 9.85. The minimum Gasteiger partial charge on any atom is -0.497 e. The summed E-state index contributed by atoms with van der Waals surface area (Å²) in [6.45, 7) is 0. The monoisotopic (exact) mass is 399 g/mol. The first-order valence-electron chi connectivity index (χ1n) is 9.50. The van der Waals surface area contributed by atoms with Gasteiger partial charge in [0.2, 0.25) is 5.78 Å². The number of rotatable bonds is 3. The molecule has 2 aliphatic heterocycles. The summed E-state index contributed by atoms with van der Waals surface area (Å²) in [6.07, 6.45) is 5.25. The van der Waals surface area contributed by atoms with E-state index >= 15 is 0 Å². The third-order valence-corrected chi connectivity index (χ3v) is 5.28. The Hall–Kier alpha value is -3.93. The Balaban J connectivity index is 1.58. The normalized spacial score (nSPS) is 18.4. The molecule has 3 aromatic rings. The Morgan fingerprint density at radius 3 is 2.63 bits per heavy atom.